The van der Waals surface area contributed by atoms with Gasteiger partial charge in [-0.2, -0.15) is 0 Å². The Balaban J connectivity index is 1.32. The molecule has 3 aromatic rings. The number of hydrogen-bond donors (Lipinski definition) is 2. The maximum atomic E-state index is 14.5. The number of aryl methyl sites for hydroxylation is 1. The van der Waals surface area contributed by atoms with Crippen LogP contribution in [0.2, 0.25) is 0 Å². The first-order valence-corrected chi connectivity index (χ1v) is 22.9. The van der Waals surface area contributed by atoms with Crippen LogP contribution >= 0.6 is 0 Å². The normalized spacial score (nSPS) is 21.7. The maximum absolute atomic E-state index is 14.5. The van der Waals surface area contributed by atoms with Gasteiger partial charge in [-0.15, -0.1) is 0 Å². The quantitative estimate of drug-likeness (QED) is 0.217. The first kappa shape index (κ1) is 47.9. The summed E-state index contributed by atoms with van der Waals surface area (Å²) in [6.07, 6.45) is 4.97. The molecule has 0 unspecified atom stereocenters. The van der Waals surface area contributed by atoms with Crippen LogP contribution in [0.25, 0.3) is 22.2 Å². The number of aromatic nitrogens is 2. The van der Waals surface area contributed by atoms with E-state index in [0.717, 1.165) is 39.0 Å². The molecule has 2 fully saturated rings. The average Bonchev–Trinajstić information content (AvgIpc) is 3.88. The van der Waals surface area contributed by atoms with Crippen LogP contribution in [0.1, 0.15) is 103 Å². The van der Waals surface area contributed by atoms with E-state index < -0.39 is 47.2 Å². The van der Waals surface area contributed by atoms with E-state index in [4.69, 9.17) is 9.72 Å². The molecule has 0 spiro atoms. The molecule has 64 heavy (non-hydrogen) atoms. The number of rotatable bonds is 9. The summed E-state index contributed by atoms with van der Waals surface area (Å²) in [5, 5.41) is 5.34. The highest BCUT2D eigenvalue weighted by atomic mass is 16.5. The number of amides is 5. The van der Waals surface area contributed by atoms with Crippen LogP contribution in [-0.4, -0.2) is 123 Å². The van der Waals surface area contributed by atoms with Gasteiger partial charge in [0.05, 0.1) is 23.9 Å². The minimum Gasteiger partial charge on any atom is -0.464 e. The lowest BCUT2D eigenvalue weighted by Crippen LogP contribution is -2.62. The van der Waals surface area contributed by atoms with Gasteiger partial charge in [-0.1, -0.05) is 54.2 Å². The number of benzene rings is 1. The van der Waals surface area contributed by atoms with Gasteiger partial charge in [0, 0.05) is 81.3 Å². The van der Waals surface area contributed by atoms with Crippen molar-refractivity contribution in [3.05, 3.63) is 66.0 Å². The van der Waals surface area contributed by atoms with Crippen molar-refractivity contribution >= 4 is 46.4 Å². The Kier molecular flexibility index (Phi) is 15.0. The van der Waals surface area contributed by atoms with Crippen LogP contribution in [0.4, 0.5) is 0 Å². The number of fused-ring (bicyclic) bond motifs is 3. The number of nitrogens with one attached hydrogen (secondary N) is 2. The Morgan fingerprint density at radius 3 is 2.52 bits per heavy atom. The maximum Gasteiger partial charge on any atom is 0.324 e. The van der Waals surface area contributed by atoms with Gasteiger partial charge < -0.3 is 29.3 Å². The minimum absolute atomic E-state index is 0.0197. The first-order chi connectivity index (χ1) is 30.3. The van der Waals surface area contributed by atoms with Crippen molar-refractivity contribution in [1.82, 2.24) is 40.0 Å². The molecule has 2 N–H and O–H groups in total. The van der Waals surface area contributed by atoms with Crippen molar-refractivity contribution in [1.29, 1.82) is 0 Å². The Morgan fingerprint density at radius 2 is 1.83 bits per heavy atom. The third-order valence-electron chi connectivity index (χ3n) is 13.0. The summed E-state index contributed by atoms with van der Waals surface area (Å²) in [7, 11) is 3.31. The van der Waals surface area contributed by atoms with E-state index in [1.165, 1.54) is 16.0 Å². The smallest absolute Gasteiger partial charge is 0.324 e. The molecular formula is C49H68N8O7. The van der Waals surface area contributed by atoms with Crippen molar-refractivity contribution in [2.75, 3.05) is 40.3 Å². The molecule has 0 aliphatic carbocycles. The molecular weight excluding hydrogens is 813 g/mol. The summed E-state index contributed by atoms with van der Waals surface area (Å²) in [5.74, 6) is -2.90. The highest BCUT2D eigenvalue weighted by molar-refractivity contribution is 5.95. The van der Waals surface area contributed by atoms with Gasteiger partial charge in [-0.05, 0) is 92.3 Å². The second-order valence-electron chi connectivity index (χ2n) is 19.2. The lowest BCUT2D eigenvalue weighted by atomic mass is 9.84. The van der Waals surface area contributed by atoms with E-state index in [-0.39, 0.29) is 62.1 Å². The highest BCUT2D eigenvalue weighted by Gasteiger charge is 2.40. The SMILES string of the molecule is C=CC(=O)N1CC[C@@H](C(=O)N(C)[C@H](C(=O)N[C@H]2CCC(=O)N(C)Cc3ccc4c(c3)c(c(-c3cccnc3C(C)C)n4CC)CC(C)(C)COC(=O)[C@@H]3CCCN(N3)C2=O)C(C)C)C1. The Hall–Kier alpha value is -5.57. The average molecular weight is 881 g/mol. The number of likely N-dealkylation sites (N-methyl/N-ethyl adjacent to an activating group) is 1. The second kappa shape index (κ2) is 20.1. The number of pyridine rings is 1. The monoisotopic (exact) mass is 881 g/mol. The molecule has 2 aromatic heterocycles. The zero-order chi connectivity index (χ0) is 46.6. The number of ether oxygens (including phenoxy) is 1. The molecule has 0 saturated carbocycles. The van der Waals surface area contributed by atoms with Crippen molar-refractivity contribution < 1.29 is 33.5 Å². The first-order valence-electron chi connectivity index (χ1n) is 22.9. The van der Waals surface area contributed by atoms with Gasteiger partial charge in [0.2, 0.25) is 23.6 Å². The number of esters is 1. The van der Waals surface area contributed by atoms with Crippen molar-refractivity contribution in [3.63, 3.8) is 0 Å². The third-order valence-corrected chi connectivity index (χ3v) is 13.0. The van der Waals surface area contributed by atoms with Crippen LogP contribution in [0.15, 0.2) is 49.2 Å². The topological polar surface area (TPSA) is 166 Å². The Morgan fingerprint density at radius 1 is 1.08 bits per heavy atom. The van der Waals surface area contributed by atoms with Gasteiger partial charge in [0.15, 0.2) is 0 Å². The largest absolute Gasteiger partial charge is 0.464 e. The fourth-order valence-electron chi connectivity index (χ4n) is 9.64. The number of carbonyl (C=O) groups is 6. The molecule has 1 aromatic carbocycles. The molecule has 3 aliphatic rings. The van der Waals surface area contributed by atoms with Crippen molar-refractivity contribution in [2.24, 2.45) is 17.3 Å². The standard InChI is InChI=1S/C49H68N8O7/c1-11-40(58)55-24-21-33(28-55)46(61)54(10)43(31(5)6)45(60)51-37-18-20-41(59)53(9)27-32-17-19-39-35(25-32)36(44(56(39)12-2)34-15-13-22-50-42(34)30(3)4)26-49(7,8)29-64-48(63)38-16-14-23-57(52-38)47(37)62/h11,13,15,17,19,22,25,30-31,33,37-38,43,52H,1,12,14,16,18,20-21,23-24,26-29H2,2-10H3,(H,51,60)/t33-,37+,38+,43+/m1/s1. The number of carbonyl (C=O) groups excluding carboxylic acids is 6. The van der Waals surface area contributed by atoms with Crippen LogP contribution in [0, 0.1) is 17.3 Å². The summed E-state index contributed by atoms with van der Waals surface area (Å²) in [4.78, 5) is 92.1. The Bertz CT molecular complexity index is 2270. The summed E-state index contributed by atoms with van der Waals surface area (Å²) < 4.78 is 8.42. The van der Waals surface area contributed by atoms with Gasteiger partial charge in [0.25, 0.3) is 5.91 Å². The summed E-state index contributed by atoms with van der Waals surface area (Å²) in [6, 6.07) is 7.50. The van der Waals surface area contributed by atoms with E-state index >= 15 is 0 Å². The van der Waals surface area contributed by atoms with Crippen LogP contribution in [0.5, 0.6) is 0 Å². The second-order valence-corrected chi connectivity index (χ2v) is 19.2. The summed E-state index contributed by atoms with van der Waals surface area (Å²) in [6.45, 7) is 19.9. The molecule has 5 amide bonds. The van der Waals surface area contributed by atoms with Crippen molar-refractivity contribution in [2.45, 2.75) is 124 Å². The third kappa shape index (κ3) is 10.3. The number of likely N-dealkylation sites (tertiary alicyclic amines) is 1. The highest BCUT2D eigenvalue weighted by Crippen LogP contribution is 2.41. The molecule has 5 heterocycles. The van der Waals surface area contributed by atoms with E-state index in [1.54, 1.807) is 23.9 Å². The molecule has 2 saturated heterocycles. The molecule has 3 aliphatic heterocycles. The predicted octanol–water partition coefficient (Wildman–Crippen LogP) is 5.21. The summed E-state index contributed by atoms with van der Waals surface area (Å²) >= 11 is 0. The van der Waals surface area contributed by atoms with Gasteiger partial charge in [0.1, 0.15) is 18.1 Å². The van der Waals surface area contributed by atoms with E-state index in [1.807, 2.05) is 32.2 Å². The zero-order valence-electron chi connectivity index (χ0n) is 39.2. The van der Waals surface area contributed by atoms with Crippen LogP contribution < -0.4 is 10.7 Å². The lowest BCUT2D eigenvalue weighted by Gasteiger charge is -2.37. The van der Waals surface area contributed by atoms with E-state index in [2.05, 4.69) is 74.7 Å². The molecule has 4 atom stereocenters. The molecule has 15 nitrogen and oxygen atoms in total. The summed E-state index contributed by atoms with van der Waals surface area (Å²) in [5.41, 5.74) is 8.83. The zero-order valence-corrected chi connectivity index (χ0v) is 39.2. The van der Waals surface area contributed by atoms with Crippen LogP contribution in [-0.2, 0) is 53.0 Å². The number of nitrogens with zero attached hydrogens (tertiary/aromatic N) is 6. The van der Waals surface area contributed by atoms with Gasteiger partial charge >= 0.3 is 5.97 Å². The van der Waals surface area contributed by atoms with Crippen molar-refractivity contribution in [3.8, 4) is 11.3 Å². The fourth-order valence-corrected chi connectivity index (χ4v) is 9.64. The number of cyclic esters (lactones) is 1. The lowest BCUT2D eigenvalue weighted by molar-refractivity contribution is -0.155. The number of hydrogen-bond acceptors (Lipinski definition) is 9. The van der Waals surface area contributed by atoms with E-state index in [0.29, 0.717) is 45.3 Å². The number of hydrazine groups is 1. The van der Waals surface area contributed by atoms with Gasteiger partial charge in [-0.3, -0.25) is 38.8 Å². The molecule has 15 heteroatoms. The Labute approximate surface area is 377 Å². The minimum atomic E-state index is -1.15. The fraction of sp³-hybridized carbons (Fsp3) is 0.571. The predicted molar refractivity (Wildman–Crippen MR) is 245 cm³/mol. The van der Waals surface area contributed by atoms with E-state index in [9.17, 15) is 28.8 Å². The van der Waals surface area contributed by atoms with Crippen LogP contribution in [0.3, 0.4) is 0 Å². The molecule has 4 bridgehead atoms. The molecule has 0 radical (unpaired) electrons. The van der Waals surface area contributed by atoms with Gasteiger partial charge in [-0.25, -0.2) is 5.43 Å². The molecule has 6 rings (SSSR count). The molecule has 346 valence electrons.